The van der Waals surface area contributed by atoms with E-state index in [2.05, 4.69) is 20.3 Å². The van der Waals surface area contributed by atoms with Gasteiger partial charge in [0.05, 0.1) is 25.4 Å². The molecule has 0 bridgehead atoms. The highest BCUT2D eigenvalue weighted by Crippen LogP contribution is 2.30. The van der Waals surface area contributed by atoms with Crippen LogP contribution in [-0.2, 0) is 4.79 Å². The standard InChI is InChI=1S/C19H16N6O3/c1-27-14-2-4-15(5-3-14)28-19-16(23-11-17(21)26)10-24-18(25-19)13-6-12(7-20)8-22-9-13/h2-6,8-10,23H,11H2,1H3,(H2,21,26). The molecule has 3 N–H and O–H groups in total. The number of hydrogen-bond donors (Lipinski definition) is 2. The first kappa shape index (κ1) is 18.6. The minimum absolute atomic E-state index is 0.104. The minimum Gasteiger partial charge on any atom is -0.497 e. The lowest BCUT2D eigenvalue weighted by Crippen LogP contribution is -2.22. The molecule has 0 saturated carbocycles. The summed E-state index contributed by atoms with van der Waals surface area (Å²) < 4.78 is 11.0. The number of nitrogens with two attached hydrogens (primary N) is 1. The van der Waals surface area contributed by atoms with Crippen LogP contribution >= 0.6 is 0 Å². The molecule has 140 valence electrons. The zero-order valence-corrected chi connectivity index (χ0v) is 14.9. The van der Waals surface area contributed by atoms with Gasteiger partial charge in [-0.15, -0.1) is 0 Å². The summed E-state index contributed by atoms with van der Waals surface area (Å²) in [5.41, 5.74) is 6.52. The zero-order chi connectivity index (χ0) is 19.9. The second kappa shape index (κ2) is 8.46. The predicted molar refractivity (Wildman–Crippen MR) is 101 cm³/mol. The van der Waals surface area contributed by atoms with Gasteiger partial charge in [0.15, 0.2) is 5.82 Å². The largest absolute Gasteiger partial charge is 0.497 e. The third-order valence-electron chi connectivity index (χ3n) is 3.61. The first-order valence-corrected chi connectivity index (χ1v) is 8.15. The van der Waals surface area contributed by atoms with Gasteiger partial charge in [0, 0.05) is 18.0 Å². The molecular weight excluding hydrogens is 360 g/mol. The van der Waals surface area contributed by atoms with Crippen LogP contribution in [-0.4, -0.2) is 34.5 Å². The Morgan fingerprint density at radius 3 is 2.64 bits per heavy atom. The number of nitrogens with zero attached hydrogens (tertiary/aromatic N) is 4. The number of aromatic nitrogens is 3. The van der Waals surface area contributed by atoms with E-state index in [0.717, 1.165) is 0 Å². The van der Waals surface area contributed by atoms with E-state index in [0.29, 0.717) is 34.1 Å². The maximum absolute atomic E-state index is 11.1. The lowest BCUT2D eigenvalue weighted by molar-refractivity contribution is -0.116. The van der Waals surface area contributed by atoms with E-state index in [4.69, 9.17) is 20.5 Å². The Labute approximate surface area is 160 Å². The summed E-state index contributed by atoms with van der Waals surface area (Å²) in [6.45, 7) is -0.104. The quantitative estimate of drug-likeness (QED) is 0.640. The van der Waals surface area contributed by atoms with Crippen LogP contribution in [0.15, 0.2) is 48.9 Å². The van der Waals surface area contributed by atoms with Gasteiger partial charge in [0.1, 0.15) is 23.3 Å². The van der Waals surface area contributed by atoms with Crippen molar-refractivity contribution in [2.24, 2.45) is 5.73 Å². The SMILES string of the molecule is COc1ccc(Oc2nc(-c3cncc(C#N)c3)ncc2NCC(N)=O)cc1. The van der Waals surface area contributed by atoms with Crippen molar-refractivity contribution in [1.29, 1.82) is 5.26 Å². The van der Waals surface area contributed by atoms with E-state index in [1.165, 1.54) is 12.4 Å². The van der Waals surface area contributed by atoms with Gasteiger partial charge in [0.25, 0.3) is 0 Å². The Morgan fingerprint density at radius 2 is 1.96 bits per heavy atom. The molecule has 0 spiro atoms. The molecule has 3 aromatic rings. The van der Waals surface area contributed by atoms with Crippen molar-refractivity contribution in [3.05, 3.63) is 54.5 Å². The highest BCUT2D eigenvalue weighted by molar-refractivity contribution is 5.79. The Bertz CT molecular complexity index is 1030. The van der Waals surface area contributed by atoms with Crippen LogP contribution < -0.4 is 20.5 Å². The third kappa shape index (κ3) is 4.50. The maximum atomic E-state index is 11.1. The monoisotopic (exact) mass is 376 g/mol. The summed E-state index contributed by atoms with van der Waals surface area (Å²) in [5.74, 6) is 1.17. The highest BCUT2D eigenvalue weighted by Gasteiger charge is 2.13. The predicted octanol–water partition coefficient (Wildman–Crippen LogP) is 2.11. The van der Waals surface area contributed by atoms with Crippen molar-refractivity contribution in [2.45, 2.75) is 0 Å². The van der Waals surface area contributed by atoms with Gasteiger partial charge < -0.3 is 20.5 Å². The van der Waals surface area contributed by atoms with Gasteiger partial charge in [-0.3, -0.25) is 9.78 Å². The molecule has 0 atom stereocenters. The van der Waals surface area contributed by atoms with E-state index in [1.807, 2.05) is 6.07 Å². The average molecular weight is 376 g/mol. The number of nitrogens with one attached hydrogen (secondary N) is 1. The lowest BCUT2D eigenvalue weighted by Gasteiger charge is -2.12. The molecule has 0 radical (unpaired) electrons. The first-order valence-electron chi connectivity index (χ1n) is 8.15. The molecule has 9 nitrogen and oxygen atoms in total. The lowest BCUT2D eigenvalue weighted by atomic mass is 10.2. The number of benzene rings is 1. The number of amides is 1. The molecule has 0 saturated heterocycles. The van der Waals surface area contributed by atoms with Crippen LogP contribution in [0.1, 0.15) is 5.56 Å². The summed E-state index contributed by atoms with van der Waals surface area (Å²) in [4.78, 5) is 23.8. The van der Waals surface area contributed by atoms with Crippen molar-refractivity contribution in [2.75, 3.05) is 19.0 Å². The minimum atomic E-state index is -0.537. The van der Waals surface area contributed by atoms with Crippen LogP contribution in [0, 0.1) is 11.3 Å². The molecule has 0 fully saturated rings. The Balaban J connectivity index is 1.96. The molecule has 2 aromatic heterocycles. The molecule has 0 aliphatic heterocycles. The second-order valence-corrected chi connectivity index (χ2v) is 5.58. The summed E-state index contributed by atoms with van der Waals surface area (Å²) in [5, 5.41) is 11.9. The summed E-state index contributed by atoms with van der Waals surface area (Å²) in [6.07, 6.45) is 4.47. The second-order valence-electron chi connectivity index (χ2n) is 5.58. The molecule has 1 amide bonds. The fourth-order valence-corrected chi connectivity index (χ4v) is 2.27. The van der Waals surface area contributed by atoms with E-state index in [1.54, 1.807) is 43.6 Å². The fourth-order valence-electron chi connectivity index (χ4n) is 2.27. The van der Waals surface area contributed by atoms with Crippen molar-refractivity contribution >= 4 is 11.6 Å². The van der Waals surface area contributed by atoms with Crippen molar-refractivity contribution in [3.63, 3.8) is 0 Å². The number of carbonyl (C=O) groups is 1. The molecule has 3 rings (SSSR count). The van der Waals surface area contributed by atoms with Gasteiger partial charge in [-0.25, -0.2) is 4.98 Å². The molecule has 0 unspecified atom stereocenters. The fraction of sp³-hybridized carbons (Fsp3) is 0.105. The van der Waals surface area contributed by atoms with Crippen LogP contribution in [0.25, 0.3) is 11.4 Å². The summed E-state index contributed by atoms with van der Waals surface area (Å²) in [6, 6.07) is 10.6. The molecule has 9 heteroatoms. The number of primary amides is 1. The number of pyridine rings is 1. The molecule has 0 aliphatic carbocycles. The molecule has 1 aromatic carbocycles. The van der Waals surface area contributed by atoms with E-state index in [-0.39, 0.29) is 12.4 Å². The molecule has 0 aliphatic rings. The average Bonchev–Trinajstić information content (AvgIpc) is 2.73. The number of hydrogen-bond acceptors (Lipinski definition) is 8. The van der Waals surface area contributed by atoms with E-state index < -0.39 is 5.91 Å². The summed E-state index contributed by atoms with van der Waals surface area (Å²) in [7, 11) is 1.57. The van der Waals surface area contributed by atoms with E-state index >= 15 is 0 Å². The molecule has 28 heavy (non-hydrogen) atoms. The van der Waals surface area contributed by atoms with Crippen LogP contribution in [0.4, 0.5) is 5.69 Å². The van der Waals surface area contributed by atoms with Gasteiger partial charge in [-0.2, -0.15) is 10.2 Å². The van der Waals surface area contributed by atoms with Gasteiger partial charge in [-0.1, -0.05) is 0 Å². The Morgan fingerprint density at radius 1 is 1.21 bits per heavy atom. The normalized spacial score (nSPS) is 10.0. The van der Waals surface area contributed by atoms with Crippen molar-refractivity contribution in [3.8, 4) is 34.8 Å². The van der Waals surface area contributed by atoms with Crippen molar-refractivity contribution < 1.29 is 14.3 Å². The number of rotatable bonds is 7. The van der Waals surface area contributed by atoms with Crippen LogP contribution in [0.3, 0.4) is 0 Å². The summed E-state index contributed by atoms with van der Waals surface area (Å²) >= 11 is 0. The van der Waals surface area contributed by atoms with Gasteiger partial charge in [-0.05, 0) is 30.3 Å². The first-order chi connectivity index (χ1) is 13.6. The number of carbonyl (C=O) groups excluding carboxylic acids is 1. The number of ether oxygens (including phenoxy) is 2. The van der Waals surface area contributed by atoms with Crippen molar-refractivity contribution in [1.82, 2.24) is 15.0 Å². The highest BCUT2D eigenvalue weighted by atomic mass is 16.5. The zero-order valence-electron chi connectivity index (χ0n) is 14.9. The Kier molecular flexibility index (Phi) is 5.62. The maximum Gasteiger partial charge on any atom is 0.246 e. The number of nitriles is 1. The Hall–Kier alpha value is -4.19. The van der Waals surface area contributed by atoms with Crippen LogP contribution in [0.5, 0.6) is 17.4 Å². The third-order valence-corrected chi connectivity index (χ3v) is 3.61. The van der Waals surface area contributed by atoms with Gasteiger partial charge in [0.2, 0.25) is 11.8 Å². The molecular formula is C19H16N6O3. The van der Waals surface area contributed by atoms with Gasteiger partial charge >= 0.3 is 0 Å². The number of anilines is 1. The topological polar surface area (TPSA) is 136 Å². The molecule has 2 heterocycles. The van der Waals surface area contributed by atoms with Crippen LogP contribution in [0.2, 0.25) is 0 Å². The van der Waals surface area contributed by atoms with E-state index in [9.17, 15) is 4.79 Å². The smallest absolute Gasteiger partial charge is 0.246 e. The number of methoxy groups -OCH3 is 1.